The van der Waals surface area contributed by atoms with Crippen molar-refractivity contribution in [1.82, 2.24) is 15.0 Å². The second kappa shape index (κ2) is 9.65. The number of nitrogens with zero attached hydrogens (tertiary/aromatic N) is 4. The van der Waals surface area contributed by atoms with Gasteiger partial charge < -0.3 is 4.74 Å². The lowest BCUT2D eigenvalue weighted by atomic mass is 9.91. The first-order chi connectivity index (χ1) is 12.6. The molecule has 0 aliphatic carbocycles. The largest absolute Gasteiger partial charge is 0.464 e. The van der Waals surface area contributed by atoms with Gasteiger partial charge in [0, 0.05) is 11.1 Å². The Morgan fingerprint density at radius 3 is 2.65 bits per heavy atom. The minimum absolute atomic E-state index is 0.187. The minimum atomic E-state index is -0.939. The van der Waals surface area contributed by atoms with Crippen LogP contribution in [0.1, 0.15) is 49.9 Å². The van der Waals surface area contributed by atoms with E-state index in [1.54, 1.807) is 37.4 Å². The van der Waals surface area contributed by atoms with Crippen LogP contribution in [0.15, 0.2) is 36.5 Å². The van der Waals surface area contributed by atoms with E-state index < -0.39 is 29.4 Å². The summed E-state index contributed by atoms with van der Waals surface area (Å²) in [6.45, 7) is 3.56. The molecule has 0 amide bonds. The van der Waals surface area contributed by atoms with Crippen LogP contribution in [0.3, 0.4) is 0 Å². The Morgan fingerprint density at radius 1 is 1.31 bits per heavy atom. The number of aryl methyl sites for hydroxylation is 1. The molecule has 0 unspecified atom stereocenters. The van der Waals surface area contributed by atoms with Gasteiger partial charge in [-0.05, 0) is 25.3 Å². The fourth-order valence-corrected chi connectivity index (χ4v) is 2.85. The molecule has 0 spiro atoms. The fraction of sp³-hybridized carbons (Fsp3) is 0.500. The lowest BCUT2D eigenvalue weighted by molar-refractivity contribution is -0.484. The van der Waals surface area contributed by atoms with E-state index in [1.807, 2.05) is 6.07 Å². The van der Waals surface area contributed by atoms with Gasteiger partial charge in [0.25, 0.3) is 0 Å². The lowest BCUT2D eigenvalue weighted by Crippen LogP contribution is -2.32. The number of carbonyl (C=O) groups is 1. The van der Waals surface area contributed by atoms with Crippen LogP contribution in [0, 0.1) is 10.1 Å². The highest BCUT2D eigenvalue weighted by Crippen LogP contribution is 2.30. The van der Waals surface area contributed by atoms with Crippen molar-refractivity contribution < 1.29 is 14.5 Å². The predicted octanol–water partition coefficient (Wildman–Crippen LogP) is 2.79. The first-order valence-corrected chi connectivity index (χ1v) is 8.80. The number of hydrogen-bond donors (Lipinski definition) is 0. The summed E-state index contributed by atoms with van der Waals surface area (Å²) in [7, 11) is 0. The summed E-state index contributed by atoms with van der Waals surface area (Å²) in [5.74, 6) is -1.25. The Bertz CT molecular complexity index is 717. The molecular formula is C18H24N4O4. The number of rotatable bonds is 10. The summed E-state index contributed by atoms with van der Waals surface area (Å²) >= 11 is 0. The van der Waals surface area contributed by atoms with E-state index >= 15 is 0 Å². The summed E-state index contributed by atoms with van der Waals surface area (Å²) in [6, 6.07) is 8.01. The highest BCUT2D eigenvalue weighted by atomic mass is 16.6. The van der Waals surface area contributed by atoms with Crippen molar-refractivity contribution in [2.75, 3.05) is 13.2 Å². The normalized spacial score (nSPS) is 13.2. The number of aromatic nitrogens is 3. The Kier molecular flexibility index (Phi) is 7.25. The van der Waals surface area contributed by atoms with Gasteiger partial charge >= 0.3 is 5.97 Å². The van der Waals surface area contributed by atoms with Crippen LogP contribution in [0.25, 0.3) is 0 Å². The number of hydrogen-bond acceptors (Lipinski definition) is 6. The standard InChI is InChI=1S/C18H24N4O4/c1-3-5-11-15-12-21(20-19-15)17(18(23)26-4-2)16(13-22(24)25)14-9-7-6-8-10-14/h6-10,12,16-17H,3-5,11,13H2,1-2H3/t16-,17-/m1/s1. The molecule has 0 bridgehead atoms. The molecule has 0 N–H and O–H groups in total. The van der Waals surface area contributed by atoms with Crippen molar-refractivity contribution in [3.8, 4) is 0 Å². The number of nitro groups is 1. The van der Waals surface area contributed by atoms with Crippen molar-refractivity contribution in [3.05, 3.63) is 57.9 Å². The average molecular weight is 360 g/mol. The molecule has 0 radical (unpaired) electrons. The highest BCUT2D eigenvalue weighted by Gasteiger charge is 2.37. The predicted molar refractivity (Wildman–Crippen MR) is 95.3 cm³/mol. The third-order valence-electron chi connectivity index (χ3n) is 4.11. The van der Waals surface area contributed by atoms with Crippen LogP contribution >= 0.6 is 0 Å². The molecule has 2 atom stereocenters. The maximum atomic E-state index is 12.6. The Morgan fingerprint density at radius 2 is 2.04 bits per heavy atom. The van der Waals surface area contributed by atoms with Crippen LogP contribution in [0.2, 0.25) is 0 Å². The molecule has 2 rings (SSSR count). The zero-order chi connectivity index (χ0) is 18.9. The zero-order valence-electron chi connectivity index (χ0n) is 15.1. The van der Waals surface area contributed by atoms with Crippen molar-refractivity contribution >= 4 is 5.97 Å². The van der Waals surface area contributed by atoms with Gasteiger partial charge in [0.05, 0.1) is 18.2 Å². The third-order valence-corrected chi connectivity index (χ3v) is 4.11. The van der Waals surface area contributed by atoms with Crippen LogP contribution in [0.4, 0.5) is 0 Å². The molecule has 1 heterocycles. The van der Waals surface area contributed by atoms with E-state index in [4.69, 9.17) is 4.74 Å². The first kappa shape index (κ1) is 19.6. The molecule has 2 aromatic rings. The Labute approximate surface area is 152 Å². The van der Waals surface area contributed by atoms with Crippen molar-refractivity contribution in [2.45, 2.75) is 45.1 Å². The number of benzene rings is 1. The van der Waals surface area contributed by atoms with E-state index in [0.717, 1.165) is 25.0 Å². The summed E-state index contributed by atoms with van der Waals surface area (Å²) < 4.78 is 6.59. The second-order valence-corrected chi connectivity index (χ2v) is 6.02. The quantitative estimate of drug-likeness (QED) is 0.367. The minimum Gasteiger partial charge on any atom is -0.464 e. The van der Waals surface area contributed by atoms with E-state index in [1.165, 1.54) is 4.68 Å². The van der Waals surface area contributed by atoms with Crippen molar-refractivity contribution in [2.24, 2.45) is 0 Å². The summed E-state index contributed by atoms with van der Waals surface area (Å²) in [6.07, 6.45) is 4.41. The Hall–Kier alpha value is -2.77. The van der Waals surface area contributed by atoms with Gasteiger partial charge in [-0.15, -0.1) is 5.10 Å². The topological polar surface area (TPSA) is 100 Å². The van der Waals surface area contributed by atoms with Gasteiger partial charge in [-0.25, -0.2) is 9.48 Å². The van der Waals surface area contributed by atoms with Gasteiger partial charge in [-0.2, -0.15) is 0 Å². The number of unbranched alkanes of at least 4 members (excludes halogenated alkanes) is 1. The van der Waals surface area contributed by atoms with Gasteiger partial charge in [0.2, 0.25) is 6.54 Å². The van der Waals surface area contributed by atoms with Gasteiger partial charge in [-0.1, -0.05) is 48.9 Å². The first-order valence-electron chi connectivity index (χ1n) is 8.80. The molecule has 0 fully saturated rings. The number of ether oxygens (including phenoxy) is 1. The molecule has 0 aliphatic rings. The lowest BCUT2D eigenvalue weighted by Gasteiger charge is -2.23. The highest BCUT2D eigenvalue weighted by molar-refractivity contribution is 5.75. The van der Waals surface area contributed by atoms with E-state index in [9.17, 15) is 14.9 Å². The molecule has 8 heteroatoms. The molecule has 140 valence electrons. The maximum absolute atomic E-state index is 12.6. The zero-order valence-corrected chi connectivity index (χ0v) is 15.1. The van der Waals surface area contributed by atoms with Crippen LogP contribution in [0.5, 0.6) is 0 Å². The van der Waals surface area contributed by atoms with Crippen LogP contribution in [-0.2, 0) is 16.0 Å². The summed E-state index contributed by atoms with van der Waals surface area (Å²) in [4.78, 5) is 23.5. The van der Waals surface area contributed by atoms with Crippen molar-refractivity contribution in [1.29, 1.82) is 0 Å². The maximum Gasteiger partial charge on any atom is 0.331 e. The Balaban J connectivity index is 2.41. The molecule has 1 aromatic carbocycles. The SMILES string of the molecule is CCCCc1cn([C@@H](C(=O)OCC)[C@H](C[N+](=O)[O-])c2ccccc2)nn1. The summed E-state index contributed by atoms with van der Waals surface area (Å²) in [5, 5.41) is 19.4. The monoisotopic (exact) mass is 360 g/mol. The molecule has 1 aromatic heterocycles. The third kappa shape index (κ3) is 5.11. The molecule has 0 saturated carbocycles. The van der Waals surface area contributed by atoms with E-state index in [0.29, 0.717) is 5.56 Å². The van der Waals surface area contributed by atoms with E-state index in [-0.39, 0.29) is 6.61 Å². The number of carbonyl (C=O) groups excluding carboxylic acids is 1. The van der Waals surface area contributed by atoms with Gasteiger partial charge in [0.1, 0.15) is 0 Å². The van der Waals surface area contributed by atoms with Crippen LogP contribution < -0.4 is 0 Å². The van der Waals surface area contributed by atoms with Crippen LogP contribution in [-0.4, -0.2) is 39.0 Å². The second-order valence-electron chi connectivity index (χ2n) is 6.02. The molecule has 0 aliphatic heterocycles. The van der Waals surface area contributed by atoms with E-state index in [2.05, 4.69) is 17.2 Å². The number of esters is 1. The average Bonchev–Trinajstić information content (AvgIpc) is 3.08. The van der Waals surface area contributed by atoms with Gasteiger partial charge in [-0.3, -0.25) is 10.1 Å². The fourth-order valence-electron chi connectivity index (χ4n) is 2.85. The molecule has 8 nitrogen and oxygen atoms in total. The molecular weight excluding hydrogens is 336 g/mol. The smallest absolute Gasteiger partial charge is 0.331 e. The molecule has 26 heavy (non-hydrogen) atoms. The summed E-state index contributed by atoms with van der Waals surface area (Å²) in [5.41, 5.74) is 1.45. The molecule has 0 saturated heterocycles. The van der Waals surface area contributed by atoms with Gasteiger partial charge in [0.15, 0.2) is 6.04 Å². The van der Waals surface area contributed by atoms with Crippen molar-refractivity contribution in [3.63, 3.8) is 0 Å².